The van der Waals surface area contributed by atoms with Crippen LogP contribution in [0.2, 0.25) is 5.02 Å². The van der Waals surface area contributed by atoms with Crippen molar-refractivity contribution in [3.05, 3.63) is 35.5 Å². The van der Waals surface area contributed by atoms with Gasteiger partial charge in [0.2, 0.25) is 5.91 Å². The van der Waals surface area contributed by atoms with E-state index in [0.717, 1.165) is 38.4 Å². The maximum absolute atomic E-state index is 12.8. The predicted molar refractivity (Wildman–Crippen MR) is 119 cm³/mol. The summed E-state index contributed by atoms with van der Waals surface area (Å²) in [5.74, 6) is 1.29. The molecule has 0 spiro atoms. The van der Waals surface area contributed by atoms with Gasteiger partial charge in [-0.15, -0.1) is 0 Å². The normalized spacial score (nSPS) is 21.7. The maximum Gasteiger partial charge on any atom is 0.229 e. The minimum absolute atomic E-state index is 0.177. The molecule has 9 heteroatoms. The van der Waals surface area contributed by atoms with Gasteiger partial charge in [0, 0.05) is 44.1 Å². The smallest absolute Gasteiger partial charge is 0.229 e. The molecule has 2 atom stereocenters. The van der Waals surface area contributed by atoms with Gasteiger partial charge >= 0.3 is 0 Å². The van der Waals surface area contributed by atoms with Crippen LogP contribution in [0.1, 0.15) is 19.3 Å². The molecule has 0 unspecified atom stereocenters. The molecular formula is C22H27ClFN5O2. The average molecular weight is 448 g/mol. The lowest BCUT2D eigenvalue weighted by Gasteiger charge is -2.22. The number of rotatable bonds is 7. The molecule has 0 saturated carbocycles. The van der Waals surface area contributed by atoms with Crippen LogP contribution in [0.25, 0.3) is 11.3 Å². The van der Waals surface area contributed by atoms with Gasteiger partial charge in [0.15, 0.2) is 0 Å². The number of carbonyl (C=O) groups is 1. The summed E-state index contributed by atoms with van der Waals surface area (Å²) in [5.41, 5.74) is 1.38. The van der Waals surface area contributed by atoms with E-state index in [-0.39, 0.29) is 17.9 Å². The van der Waals surface area contributed by atoms with Crippen molar-refractivity contribution in [3.8, 4) is 11.3 Å². The van der Waals surface area contributed by atoms with Gasteiger partial charge in [-0.2, -0.15) is 0 Å². The number of ether oxygens (including phenoxy) is 1. The van der Waals surface area contributed by atoms with Crippen LogP contribution >= 0.6 is 11.6 Å². The molecule has 0 radical (unpaired) electrons. The third-order valence-electron chi connectivity index (χ3n) is 5.82. The van der Waals surface area contributed by atoms with E-state index in [1.807, 2.05) is 18.2 Å². The third-order valence-corrected chi connectivity index (χ3v) is 6.12. The van der Waals surface area contributed by atoms with Gasteiger partial charge in [-0.3, -0.25) is 4.79 Å². The van der Waals surface area contributed by atoms with E-state index >= 15 is 0 Å². The molecular weight excluding hydrogens is 421 g/mol. The van der Waals surface area contributed by atoms with E-state index in [1.54, 1.807) is 6.07 Å². The zero-order chi connectivity index (χ0) is 21.6. The molecule has 1 amide bonds. The van der Waals surface area contributed by atoms with Gasteiger partial charge in [0.25, 0.3) is 0 Å². The number of aromatic nitrogens is 2. The highest BCUT2D eigenvalue weighted by Crippen LogP contribution is 2.29. The van der Waals surface area contributed by atoms with Crippen LogP contribution in [0.3, 0.4) is 0 Å². The Labute approximate surface area is 186 Å². The van der Waals surface area contributed by atoms with Crippen molar-refractivity contribution in [2.75, 3.05) is 43.6 Å². The lowest BCUT2D eigenvalue weighted by molar-refractivity contribution is -0.119. The van der Waals surface area contributed by atoms with Crippen LogP contribution in [-0.4, -0.2) is 54.9 Å². The quantitative estimate of drug-likeness (QED) is 0.602. The van der Waals surface area contributed by atoms with Gasteiger partial charge in [-0.1, -0.05) is 17.7 Å². The summed E-state index contributed by atoms with van der Waals surface area (Å²) in [7, 11) is 0. The molecule has 7 nitrogen and oxygen atoms in total. The monoisotopic (exact) mass is 447 g/mol. The summed E-state index contributed by atoms with van der Waals surface area (Å²) in [4.78, 5) is 21.4. The Morgan fingerprint density at radius 2 is 2.13 bits per heavy atom. The molecule has 0 aliphatic carbocycles. The minimum atomic E-state index is -0.475. The largest absolute Gasteiger partial charge is 0.381 e. The van der Waals surface area contributed by atoms with Gasteiger partial charge in [-0.05, 0) is 43.4 Å². The van der Waals surface area contributed by atoms with E-state index < -0.39 is 6.67 Å². The van der Waals surface area contributed by atoms with E-state index in [2.05, 4.69) is 25.9 Å². The van der Waals surface area contributed by atoms with Crippen molar-refractivity contribution in [1.82, 2.24) is 15.3 Å². The molecule has 2 aromatic heterocycles. The molecule has 3 N–H and O–H groups in total. The average Bonchev–Trinajstić information content (AvgIpc) is 3.29. The molecule has 2 aliphatic rings. The summed E-state index contributed by atoms with van der Waals surface area (Å²) < 4.78 is 18.2. The van der Waals surface area contributed by atoms with E-state index in [0.29, 0.717) is 41.0 Å². The molecule has 2 aromatic rings. The Morgan fingerprint density at radius 3 is 2.90 bits per heavy atom. The second kappa shape index (κ2) is 10.3. The second-order valence-electron chi connectivity index (χ2n) is 8.08. The molecule has 4 rings (SSSR count). The number of halogens is 2. The summed E-state index contributed by atoms with van der Waals surface area (Å²) in [6.07, 6.45) is 4.09. The van der Waals surface area contributed by atoms with Crippen molar-refractivity contribution in [3.63, 3.8) is 0 Å². The first-order valence-electron chi connectivity index (χ1n) is 10.7. The summed E-state index contributed by atoms with van der Waals surface area (Å²) >= 11 is 6.38. The zero-order valence-electron chi connectivity index (χ0n) is 17.2. The Balaban J connectivity index is 1.43. The predicted octanol–water partition coefficient (Wildman–Crippen LogP) is 3.52. The lowest BCUT2D eigenvalue weighted by atomic mass is 10.0. The van der Waals surface area contributed by atoms with E-state index in [9.17, 15) is 9.18 Å². The molecule has 31 heavy (non-hydrogen) atoms. The zero-order valence-corrected chi connectivity index (χ0v) is 18.0. The number of hydrogen-bond acceptors (Lipinski definition) is 6. The van der Waals surface area contributed by atoms with Crippen molar-refractivity contribution in [2.45, 2.75) is 25.3 Å². The van der Waals surface area contributed by atoms with Gasteiger partial charge in [0.05, 0.1) is 16.6 Å². The topological polar surface area (TPSA) is 88.2 Å². The van der Waals surface area contributed by atoms with Crippen LogP contribution < -0.4 is 16.0 Å². The number of nitrogens with one attached hydrogen (secondary N) is 3. The number of nitrogens with zero attached hydrogens (tertiary/aromatic N) is 2. The van der Waals surface area contributed by atoms with Crippen LogP contribution in [0.15, 0.2) is 30.5 Å². The fraction of sp³-hybridized carbons (Fsp3) is 0.500. The van der Waals surface area contributed by atoms with Crippen molar-refractivity contribution in [1.29, 1.82) is 0 Å². The molecule has 0 bridgehead atoms. The summed E-state index contributed by atoms with van der Waals surface area (Å²) in [6, 6.07) is 7.18. The van der Waals surface area contributed by atoms with Crippen molar-refractivity contribution >= 4 is 29.1 Å². The summed E-state index contributed by atoms with van der Waals surface area (Å²) in [6.45, 7) is 2.46. The van der Waals surface area contributed by atoms with E-state index in [4.69, 9.17) is 16.3 Å². The van der Waals surface area contributed by atoms with Gasteiger partial charge < -0.3 is 20.7 Å². The number of alkyl halides is 1. The molecule has 0 aromatic carbocycles. The van der Waals surface area contributed by atoms with Crippen LogP contribution in [0, 0.1) is 11.8 Å². The number of amides is 1. The highest BCUT2D eigenvalue weighted by atomic mass is 35.5. The SMILES string of the molecule is O=C(Nc1cc(-c2cccc(NCC3CCOCC3)n2)c(Cl)cn1)[C@H]1CN[C@@H](CF)C1. The number of carbonyl (C=O) groups excluding carboxylic acids is 1. The fourth-order valence-corrected chi connectivity index (χ4v) is 4.15. The number of anilines is 2. The van der Waals surface area contributed by atoms with Crippen LogP contribution in [0.5, 0.6) is 0 Å². The van der Waals surface area contributed by atoms with Gasteiger partial charge in [0.1, 0.15) is 18.3 Å². The molecule has 166 valence electrons. The van der Waals surface area contributed by atoms with Crippen LogP contribution in [0.4, 0.5) is 16.0 Å². The molecule has 2 fully saturated rings. The standard InChI is InChI=1S/C22H27ClFN5O2/c23-18-13-27-21(29-22(30)15-8-16(10-24)25-12-15)9-17(18)19-2-1-3-20(28-19)26-11-14-4-6-31-7-5-14/h1-3,9,13-16,25H,4-8,10-12H2,(H,26,28)(H,27,29,30)/t15-,16-/m1/s1. The van der Waals surface area contributed by atoms with Crippen molar-refractivity contribution in [2.24, 2.45) is 11.8 Å². The first kappa shape index (κ1) is 21.9. The molecule has 4 heterocycles. The highest BCUT2D eigenvalue weighted by Gasteiger charge is 2.29. The highest BCUT2D eigenvalue weighted by molar-refractivity contribution is 6.33. The third kappa shape index (κ3) is 5.70. The Morgan fingerprint density at radius 1 is 1.29 bits per heavy atom. The summed E-state index contributed by atoms with van der Waals surface area (Å²) in [5, 5.41) is 9.69. The molecule has 2 aliphatic heterocycles. The Hall–Kier alpha value is -2.29. The number of pyridine rings is 2. The Kier molecular flexibility index (Phi) is 7.32. The van der Waals surface area contributed by atoms with Gasteiger partial charge in [-0.25, -0.2) is 14.4 Å². The van der Waals surface area contributed by atoms with Crippen molar-refractivity contribution < 1.29 is 13.9 Å². The second-order valence-corrected chi connectivity index (χ2v) is 8.48. The van der Waals surface area contributed by atoms with E-state index in [1.165, 1.54) is 6.20 Å². The lowest BCUT2D eigenvalue weighted by Crippen LogP contribution is -2.25. The minimum Gasteiger partial charge on any atom is -0.381 e. The maximum atomic E-state index is 12.8. The number of hydrogen-bond donors (Lipinski definition) is 3. The fourth-order valence-electron chi connectivity index (χ4n) is 3.95. The Bertz CT molecular complexity index is 909. The first-order chi connectivity index (χ1) is 15.1. The van der Waals surface area contributed by atoms with Crippen LogP contribution in [-0.2, 0) is 9.53 Å². The first-order valence-corrected chi connectivity index (χ1v) is 11.0. The molecule has 2 saturated heterocycles.